The number of nitrogens with zero attached hydrogens (tertiary/aromatic N) is 2. The number of piperazine rings is 1. The highest BCUT2D eigenvalue weighted by Gasteiger charge is 2.52. The average molecular weight is 428 g/mol. The van der Waals surface area contributed by atoms with Gasteiger partial charge in [-0.25, -0.2) is 0 Å². The average Bonchev–Trinajstić information content (AvgIpc) is 2.60. The molecule has 1 saturated heterocycles. The molecule has 0 amide bonds. The van der Waals surface area contributed by atoms with Gasteiger partial charge < -0.3 is 30.1 Å². The number of halogens is 3. The molecule has 1 fully saturated rings. The van der Waals surface area contributed by atoms with Crippen LogP contribution in [0.3, 0.4) is 0 Å². The zero-order valence-corrected chi connectivity index (χ0v) is 16.3. The van der Waals surface area contributed by atoms with Crippen LogP contribution in [0.4, 0.5) is 24.5 Å². The van der Waals surface area contributed by atoms with E-state index in [4.69, 9.17) is 0 Å². The van der Waals surface area contributed by atoms with Crippen molar-refractivity contribution in [1.82, 2.24) is 0 Å². The van der Waals surface area contributed by atoms with Gasteiger partial charge in [0.25, 0.3) is 11.8 Å². The fraction of sp³-hybridized carbons (Fsp3) is 0.400. The van der Waals surface area contributed by atoms with E-state index in [9.17, 15) is 33.6 Å². The molecule has 0 saturated carbocycles. The van der Waals surface area contributed by atoms with E-state index in [-0.39, 0.29) is 5.69 Å². The minimum Gasteiger partial charge on any atom is -0.406 e. The molecule has 7 nitrogen and oxygen atoms in total. The van der Waals surface area contributed by atoms with E-state index >= 15 is 0 Å². The summed E-state index contributed by atoms with van der Waals surface area (Å²) in [6.45, 7) is 3.24. The van der Waals surface area contributed by atoms with Crippen LogP contribution in [0.2, 0.25) is 0 Å². The summed E-state index contributed by atoms with van der Waals surface area (Å²) in [5.74, 6) is -5.70. The van der Waals surface area contributed by atoms with Crippen LogP contribution >= 0.6 is 0 Å². The molecule has 4 N–H and O–H groups in total. The van der Waals surface area contributed by atoms with Crippen molar-refractivity contribution in [2.45, 2.75) is 37.9 Å². The summed E-state index contributed by atoms with van der Waals surface area (Å²) in [7, 11) is 0. The minimum absolute atomic E-state index is 0.116. The quantitative estimate of drug-likeness (QED) is 0.555. The van der Waals surface area contributed by atoms with Crippen LogP contribution in [0.1, 0.15) is 25.3 Å². The summed E-state index contributed by atoms with van der Waals surface area (Å²) in [6.07, 6.45) is -4.88. The Balaban J connectivity index is 1.85. The summed E-state index contributed by atoms with van der Waals surface area (Å²) >= 11 is 0. The van der Waals surface area contributed by atoms with Gasteiger partial charge in [0.15, 0.2) is 0 Å². The second-order valence-corrected chi connectivity index (χ2v) is 7.53. The van der Waals surface area contributed by atoms with Crippen molar-refractivity contribution in [2.24, 2.45) is 0 Å². The van der Waals surface area contributed by atoms with Crippen molar-refractivity contribution in [1.29, 1.82) is 0 Å². The Hall–Kier alpha value is -2.53. The third-order valence-corrected chi connectivity index (χ3v) is 4.78. The van der Waals surface area contributed by atoms with Gasteiger partial charge in [-0.3, -0.25) is 4.90 Å². The molecule has 2 aromatic rings. The number of β-amino-alcohol motifs (C(OH)–C–C–N with tert-alkyl or cyclic N) is 4. The lowest BCUT2D eigenvalue weighted by Gasteiger charge is -2.52. The predicted molar refractivity (Wildman–Crippen MR) is 103 cm³/mol. The van der Waals surface area contributed by atoms with Crippen LogP contribution in [0.25, 0.3) is 0 Å². The van der Waals surface area contributed by atoms with Crippen molar-refractivity contribution in [2.75, 3.05) is 22.9 Å². The van der Waals surface area contributed by atoms with Gasteiger partial charge in [0, 0.05) is 11.4 Å². The molecule has 0 aromatic heterocycles. The molecule has 0 atom stereocenters. The first-order valence-corrected chi connectivity index (χ1v) is 9.19. The fourth-order valence-corrected chi connectivity index (χ4v) is 3.46. The molecule has 1 aliphatic rings. The van der Waals surface area contributed by atoms with E-state index in [1.54, 1.807) is 12.1 Å². The van der Waals surface area contributed by atoms with E-state index in [0.717, 1.165) is 29.8 Å². The van der Waals surface area contributed by atoms with E-state index in [0.29, 0.717) is 16.5 Å². The number of rotatable bonds is 4. The number of aliphatic hydroxyl groups is 4. The number of ether oxygens (including phenoxy) is 1. The molecule has 10 heteroatoms. The van der Waals surface area contributed by atoms with Crippen LogP contribution in [0.5, 0.6) is 5.75 Å². The standard InChI is InChI=1S/C20H23F3N2O5/c1-13(2)14-3-5-15(6-4-14)24-11-18(26,27)25(19(28,29)12-24)16-7-9-17(10-8-16)30-20(21,22)23/h3-10,13,26-29H,11-12H2,1-2H3. The van der Waals surface area contributed by atoms with Gasteiger partial charge in [0.1, 0.15) is 5.75 Å². The zero-order valence-electron chi connectivity index (χ0n) is 16.3. The molecule has 1 aliphatic heterocycles. The van der Waals surface area contributed by atoms with Crippen molar-refractivity contribution >= 4 is 11.4 Å². The van der Waals surface area contributed by atoms with E-state index in [1.807, 2.05) is 26.0 Å². The second kappa shape index (κ2) is 7.62. The maximum atomic E-state index is 12.3. The van der Waals surface area contributed by atoms with Gasteiger partial charge in [-0.05, 0) is 47.9 Å². The molecule has 2 aromatic carbocycles. The number of hydrogen-bond donors (Lipinski definition) is 4. The summed E-state index contributed by atoms with van der Waals surface area (Å²) in [4.78, 5) is 1.91. The highest BCUT2D eigenvalue weighted by Crippen LogP contribution is 2.36. The lowest BCUT2D eigenvalue weighted by atomic mass is 10.0. The van der Waals surface area contributed by atoms with Crippen LogP contribution < -0.4 is 14.5 Å². The fourth-order valence-electron chi connectivity index (χ4n) is 3.46. The highest BCUT2D eigenvalue weighted by molar-refractivity contribution is 5.56. The van der Waals surface area contributed by atoms with Crippen molar-refractivity contribution in [3.8, 4) is 5.75 Å². The number of hydrogen-bond acceptors (Lipinski definition) is 7. The Kier molecular flexibility index (Phi) is 5.63. The SMILES string of the molecule is CC(C)c1ccc(N2CC(O)(O)N(c3ccc(OC(F)(F)F)cc3)C(O)(O)C2)cc1. The predicted octanol–water partition coefficient (Wildman–Crippen LogP) is 2.31. The van der Waals surface area contributed by atoms with Crippen LogP contribution in [-0.2, 0) is 0 Å². The molecule has 164 valence electrons. The molecule has 0 unspecified atom stereocenters. The third-order valence-electron chi connectivity index (χ3n) is 4.78. The van der Waals surface area contributed by atoms with Gasteiger partial charge in [-0.2, -0.15) is 0 Å². The maximum Gasteiger partial charge on any atom is 0.573 e. The molecule has 1 heterocycles. The Morgan fingerprint density at radius 1 is 0.833 bits per heavy atom. The first-order valence-electron chi connectivity index (χ1n) is 9.19. The molecular weight excluding hydrogens is 405 g/mol. The van der Waals surface area contributed by atoms with Gasteiger partial charge >= 0.3 is 6.36 Å². The Morgan fingerprint density at radius 2 is 1.30 bits per heavy atom. The molecule has 0 spiro atoms. The molecular formula is C20H23F3N2O5. The van der Waals surface area contributed by atoms with E-state index in [2.05, 4.69) is 4.74 Å². The van der Waals surface area contributed by atoms with E-state index < -0.39 is 37.0 Å². The molecule has 0 aliphatic carbocycles. The summed E-state index contributed by atoms with van der Waals surface area (Å²) in [5, 5.41) is 42.2. The van der Waals surface area contributed by atoms with Crippen molar-refractivity contribution in [3.63, 3.8) is 0 Å². The summed E-state index contributed by atoms with van der Waals surface area (Å²) in [6, 6.07) is 11.2. The van der Waals surface area contributed by atoms with Crippen LogP contribution in [0.15, 0.2) is 48.5 Å². The zero-order chi connectivity index (χ0) is 22.3. The number of anilines is 2. The van der Waals surface area contributed by atoms with Crippen molar-refractivity contribution < 1.29 is 38.3 Å². The topological polar surface area (TPSA) is 96.6 Å². The second-order valence-electron chi connectivity index (χ2n) is 7.53. The van der Waals surface area contributed by atoms with Gasteiger partial charge in [-0.1, -0.05) is 26.0 Å². The van der Waals surface area contributed by atoms with Crippen LogP contribution in [0, 0.1) is 0 Å². The summed E-state index contributed by atoms with van der Waals surface area (Å²) < 4.78 is 40.7. The summed E-state index contributed by atoms with van der Waals surface area (Å²) in [5.41, 5.74) is 1.50. The molecule has 30 heavy (non-hydrogen) atoms. The minimum atomic E-state index is -4.88. The smallest absolute Gasteiger partial charge is 0.406 e. The molecule has 3 rings (SSSR count). The largest absolute Gasteiger partial charge is 0.573 e. The maximum absolute atomic E-state index is 12.3. The van der Waals surface area contributed by atoms with Crippen molar-refractivity contribution in [3.05, 3.63) is 54.1 Å². The van der Waals surface area contributed by atoms with E-state index in [1.165, 1.54) is 4.90 Å². The number of benzene rings is 2. The number of alkyl halides is 3. The van der Waals surface area contributed by atoms with Gasteiger partial charge in [0.05, 0.1) is 13.1 Å². The Labute approximate surface area is 171 Å². The third kappa shape index (κ3) is 4.78. The monoisotopic (exact) mass is 428 g/mol. The highest BCUT2D eigenvalue weighted by atomic mass is 19.4. The Morgan fingerprint density at radius 3 is 1.73 bits per heavy atom. The molecule has 0 radical (unpaired) electrons. The Bertz CT molecular complexity index is 850. The first-order chi connectivity index (χ1) is 13.8. The lowest BCUT2D eigenvalue weighted by molar-refractivity contribution is -0.274. The van der Waals surface area contributed by atoms with Gasteiger partial charge in [0.2, 0.25) is 0 Å². The molecule has 0 bridgehead atoms. The normalized spacial score (nSPS) is 18.6. The lowest BCUT2D eigenvalue weighted by Crippen LogP contribution is -2.73. The van der Waals surface area contributed by atoms with Crippen LogP contribution in [-0.4, -0.2) is 51.7 Å². The first kappa shape index (κ1) is 22.2. The van der Waals surface area contributed by atoms with Gasteiger partial charge in [-0.15, -0.1) is 13.2 Å².